The van der Waals surface area contributed by atoms with E-state index in [1.807, 2.05) is 0 Å². The molecular weight excluding hydrogens is 330 g/mol. The third kappa shape index (κ3) is 1.89. The van der Waals surface area contributed by atoms with Crippen molar-refractivity contribution in [3.8, 4) is 0 Å². The molecule has 0 N–H and O–H groups in total. The van der Waals surface area contributed by atoms with E-state index in [2.05, 4.69) is 9.79 Å². The topological polar surface area (TPSA) is 226 Å². The second-order valence-electron chi connectivity index (χ2n) is 3.33. The molecule has 1 rings (SSSR count). The van der Waals surface area contributed by atoms with Gasteiger partial charge in [0.2, 0.25) is 0 Å². The van der Waals surface area contributed by atoms with Crippen molar-refractivity contribution >= 4 is 0 Å². The minimum atomic E-state index is -5.18. The minimum absolute atomic E-state index is 1.46. The maximum absolute atomic E-state index is 13.9. The number of nitro groups is 4. The molecule has 22 heavy (non-hydrogen) atoms. The van der Waals surface area contributed by atoms with Crippen molar-refractivity contribution in [1.29, 1.82) is 0 Å². The van der Waals surface area contributed by atoms with Crippen LogP contribution in [0.2, 0.25) is 0 Å². The molecule has 1 aromatic rings. The van der Waals surface area contributed by atoms with E-state index < -0.39 is 47.8 Å². The van der Waals surface area contributed by atoms with Gasteiger partial charge in [-0.05, 0) is 4.90 Å². The van der Waals surface area contributed by atoms with Crippen molar-refractivity contribution in [1.82, 2.24) is 5.16 Å². The highest BCUT2D eigenvalue weighted by atomic mass is 19.2. The van der Waals surface area contributed by atoms with E-state index in [4.69, 9.17) is 0 Å². The number of aromatic nitrogens is 2. The van der Waals surface area contributed by atoms with E-state index in [1.165, 1.54) is 0 Å². The molecular formula is C4F2N6O10. The minimum Gasteiger partial charge on any atom is -0.359 e. The van der Waals surface area contributed by atoms with Gasteiger partial charge in [0.1, 0.15) is 19.7 Å². The van der Waals surface area contributed by atoms with Crippen molar-refractivity contribution in [2.45, 2.75) is 11.8 Å². The number of alkyl halides is 2. The summed E-state index contributed by atoms with van der Waals surface area (Å²) in [5, 5.41) is 54.9. The number of hydrogen-bond acceptors (Lipinski definition) is 11. The molecule has 16 nitrogen and oxygen atoms in total. The zero-order chi connectivity index (χ0) is 17.5. The monoisotopic (exact) mass is 330 g/mol. The molecule has 0 aliphatic rings. The summed E-state index contributed by atoms with van der Waals surface area (Å²) in [6.07, 6.45) is 0. The lowest BCUT2D eigenvalue weighted by molar-refractivity contribution is -0.900. The van der Waals surface area contributed by atoms with Crippen molar-refractivity contribution in [3.63, 3.8) is 0 Å². The van der Waals surface area contributed by atoms with Crippen LogP contribution in [0.4, 0.5) is 8.78 Å². The SMILES string of the molecule is O=[N+]([O-])C(F)(c1no[n+]([O-])c1C(F)([N+](=O)[O-])[N+](=O)[O-])[N+](=O)[O-]. The Morgan fingerprint density at radius 2 is 1.27 bits per heavy atom. The number of rotatable bonds is 6. The van der Waals surface area contributed by atoms with Crippen molar-refractivity contribution in [2.75, 3.05) is 0 Å². The van der Waals surface area contributed by atoms with Gasteiger partial charge in [0.05, 0.1) is 5.16 Å². The number of nitrogens with zero attached hydrogens (tertiary/aromatic N) is 6. The van der Waals surface area contributed by atoms with Gasteiger partial charge in [0.15, 0.2) is 0 Å². The zero-order valence-corrected chi connectivity index (χ0v) is 9.52. The molecule has 0 unspecified atom stereocenters. The molecule has 0 amide bonds. The summed E-state index contributed by atoms with van der Waals surface area (Å²) in [4.78, 5) is 30.8. The van der Waals surface area contributed by atoms with Gasteiger partial charge in [-0.2, -0.15) is 0 Å². The average Bonchev–Trinajstić information content (AvgIpc) is 2.78. The van der Waals surface area contributed by atoms with Gasteiger partial charge < -0.3 is 5.21 Å². The highest BCUT2D eigenvalue weighted by molar-refractivity contribution is 5.11. The second kappa shape index (κ2) is 4.75. The molecule has 0 saturated carbocycles. The Morgan fingerprint density at radius 3 is 1.59 bits per heavy atom. The van der Waals surface area contributed by atoms with Crippen LogP contribution >= 0.6 is 0 Å². The van der Waals surface area contributed by atoms with Crippen LogP contribution in [0.15, 0.2) is 4.63 Å². The fourth-order valence-electron chi connectivity index (χ4n) is 1.20. The van der Waals surface area contributed by atoms with Crippen LogP contribution < -0.4 is 4.90 Å². The lowest BCUT2D eigenvalue weighted by Crippen LogP contribution is -2.51. The van der Waals surface area contributed by atoms with E-state index in [1.54, 1.807) is 0 Å². The smallest absolute Gasteiger partial charge is 0.359 e. The van der Waals surface area contributed by atoms with Crippen LogP contribution in [-0.4, -0.2) is 24.8 Å². The molecule has 1 heterocycles. The molecule has 1 aromatic heterocycles. The Labute approximate surface area is 113 Å². The van der Waals surface area contributed by atoms with Gasteiger partial charge in [-0.25, -0.2) is 0 Å². The molecule has 0 aliphatic heterocycles. The lowest BCUT2D eigenvalue weighted by atomic mass is 10.2. The Balaban J connectivity index is 3.85. The van der Waals surface area contributed by atoms with Crippen molar-refractivity contribution in [3.05, 3.63) is 57.1 Å². The zero-order valence-electron chi connectivity index (χ0n) is 9.52. The Kier molecular flexibility index (Phi) is 3.55. The summed E-state index contributed by atoms with van der Waals surface area (Å²) in [5.41, 5.74) is -5.10. The largest absolute Gasteiger partial charge is 0.691 e. The summed E-state index contributed by atoms with van der Waals surface area (Å²) < 4.78 is 31.1. The van der Waals surface area contributed by atoms with E-state index in [9.17, 15) is 54.4 Å². The molecule has 18 heteroatoms. The molecule has 0 saturated heterocycles. The Bertz CT molecular complexity index is 657. The Morgan fingerprint density at radius 1 is 0.909 bits per heavy atom. The van der Waals surface area contributed by atoms with Crippen LogP contribution in [0.5, 0.6) is 0 Å². The summed E-state index contributed by atoms with van der Waals surface area (Å²) in [6, 6.07) is 0. The standard InChI is InChI=1S/C4F2N6O10/c5-3(9(14)15,10(16)17)1-2(8(13)22-7-1)4(6,11(18)19)12(20)21. The van der Waals surface area contributed by atoms with E-state index in [0.717, 1.165) is 0 Å². The molecule has 0 aromatic carbocycles. The molecule has 0 bridgehead atoms. The first-order valence-corrected chi connectivity index (χ1v) is 4.48. The van der Waals surface area contributed by atoms with Crippen LogP contribution in [0.3, 0.4) is 0 Å². The predicted octanol–water partition coefficient (Wildman–Crippen LogP) is -1.43. The molecule has 0 aliphatic carbocycles. The molecule has 0 fully saturated rings. The van der Waals surface area contributed by atoms with Crippen molar-refractivity contribution in [2.24, 2.45) is 0 Å². The quantitative estimate of drug-likeness (QED) is 0.193. The summed E-state index contributed by atoms with van der Waals surface area (Å²) in [7, 11) is 0. The van der Waals surface area contributed by atoms with E-state index >= 15 is 0 Å². The van der Waals surface area contributed by atoms with Gasteiger partial charge in [-0.3, -0.25) is 45.1 Å². The molecule has 120 valence electrons. The third-order valence-electron chi connectivity index (χ3n) is 2.18. The normalized spacial score (nSPS) is 11.9. The highest BCUT2D eigenvalue weighted by Gasteiger charge is 2.79. The van der Waals surface area contributed by atoms with E-state index in [-0.39, 0.29) is 0 Å². The summed E-state index contributed by atoms with van der Waals surface area (Å²) >= 11 is 0. The fraction of sp³-hybridized carbons (Fsp3) is 0.500. The van der Waals surface area contributed by atoms with Crippen LogP contribution in [0, 0.1) is 45.7 Å². The molecule has 0 radical (unpaired) electrons. The predicted molar refractivity (Wildman–Crippen MR) is 49.0 cm³/mol. The van der Waals surface area contributed by atoms with Crippen molar-refractivity contribution < 1.29 is 38.0 Å². The molecule has 0 atom stereocenters. The first kappa shape index (κ1) is 16.5. The van der Waals surface area contributed by atoms with E-state index in [0.29, 0.717) is 0 Å². The Hall–Kier alpha value is -3.60. The number of halogens is 2. The lowest BCUT2D eigenvalue weighted by Gasteiger charge is -2.06. The van der Waals surface area contributed by atoms with Crippen LogP contribution in [-0.2, 0) is 11.8 Å². The molecule has 0 spiro atoms. The van der Waals surface area contributed by atoms with Gasteiger partial charge in [-0.15, -0.1) is 0 Å². The summed E-state index contributed by atoms with van der Waals surface area (Å²) in [6.45, 7) is 0. The summed E-state index contributed by atoms with van der Waals surface area (Å²) in [5.74, 6) is -10.3. The van der Waals surface area contributed by atoms with Gasteiger partial charge in [0, 0.05) is 0 Å². The fourth-order valence-corrected chi connectivity index (χ4v) is 1.20. The first-order valence-electron chi connectivity index (χ1n) is 4.48. The maximum atomic E-state index is 13.9. The van der Waals surface area contributed by atoms with Gasteiger partial charge in [-0.1, -0.05) is 8.78 Å². The highest BCUT2D eigenvalue weighted by Crippen LogP contribution is 2.35. The second-order valence-corrected chi connectivity index (χ2v) is 3.33. The first-order chi connectivity index (χ1) is 9.91. The number of hydrogen-bond donors (Lipinski definition) is 0. The maximum Gasteiger partial charge on any atom is 0.691 e. The van der Waals surface area contributed by atoms with Gasteiger partial charge in [0.25, 0.3) is 0 Å². The average molecular weight is 330 g/mol. The van der Waals surface area contributed by atoms with Crippen LogP contribution in [0.1, 0.15) is 11.4 Å². The van der Waals surface area contributed by atoms with Gasteiger partial charge >= 0.3 is 23.2 Å². The van der Waals surface area contributed by atoms with Crippen LogP contribution in [0.25, 0.3) is 0 Å². The third-order valence-corrected chi connectivity index (χ3v) is 2.18.